The Kier molecular flexibility index (Phi) is 4.68. The van der Waals surface area contributed by atoms with Gasteiger partial charge in [-0.3, -0.25) is 9.78 Å². The van der Waals surface area contributed by atoms with Gasteiger partial charge in [-0.05, 0) is 54.8 Å². The van der Waals surface area contributed by atoms with Gasteiger partial charge in [0.1, 0.15) is 0 Å². The first kappa shape index (κ1) is 13.7. The van der Waals surface area contributed by atoms with Crippen LogP contribution >= 0.6 is 15.9 Å². The van der Waals surface area contributed by atoms with Gasteiger partial charge < -0.3 is 5.32 Å². The summed E-state index contributed by atoms with van der Waals surface area (Å²) in [4.78, 5) is 15.8. The first-order valence-electron chi connectivity index (χ1n) is 6.10. The van der Waals surface area contributed by atoms with Gasteiger partial charge in [-0.15, -0.1) is 0 Å². The highest BCUT2D eigenvalue weighted by Gasteiger charge is 2.04. The number of anilines is 1. The normalized spacial score (nSPS) is 10.2. The van der Waals surface area contributed by atoms with E-state index in [1.165, 1.54) is 0 Å². The Hall–Kier alpha value is -1.68. The monoisotopic (exact) mass is 318 g/mol. The second-order valence-electron chi connectivity index (χ2n) is 4.37. The minimum Gasteiger partial charge on any atom is -0.326 e. The van der Waals surface area contributed by atoms with Gasteiger partial charge in [0.15, 0.2) is 0 Å². The first-order chi connectivity index (χ1) is 9.15. The lowest BCUT2D eigenvalue weighted by Gasteiger charge is -2.07. The smallest absolute Gasteiger partial charge is 0.224 e. The fourth-order valence-corrected chi connectivity index (χ4v) is 2.00. The van der Waals surface area contributed by atoms with Crippen molar-refractivity contribution in [1.29, 1.82) is 0 Å². The number of rotatable bonds is 4. The Morgan fingerprint density at radius 1 is 1.26 bits per heavy atom. The molecule has 2 rings (SSSR count). The summed E-state index contributed by atoms with van der Waals surface area (Å²) in [5, 5.41) is 2.90. The first-order valence-corrected chi connectivity index (χ1v) is 6.89. The largest absolute Gasteiger partial charge is 0.326 e. The Morgan fingerprint density at radius 2 is 2.00 bits per heavy atom. The van der Waals surface area contributed by atoms with Crippen molar-refractivity contribution in [2.24, 2.45) is 0 Å². The van der Waals surface area contributed by atoms with Crippen molar-refractivity contribution in [3.05, 3.63) is 58.3 Å². The number of nitrogens with one attached hydrogen (secondary N) is 1. The molecule has 0 saturated carbocycles. The lowest BCUT2D eigenvalue weighted by atomic mass is 10.1. The predicted molar refractivity (Wildman–Crippen MR) is 80.1 cm³/mol. The van der Waals surface area contributed by atoms with Crippen LogP contribution < -0.4 is 5.32 Å². The number of halogens is 1. The summed E-state index contributed by atoms with van der Waals surface area (Å²) in [5.74, 6) is 0.0264. The summed E-state index contributed by atoms with van der Waals surface area (Å²) in [6, 6.07) is 9.64. The van der Waals surface area contributed by atoms with E-state index in [1.54, 1.807) is 12.4 Å². The van der Waals surface area contributed by atoms with Crippen LogP contribution in [0.3, 0.4) is 0 Å². The van der Waals surface area contributed by atoms with Gasteiger partial charge in [-0.2, -0.15) is 0 Å². The average molecular weight is 319 g/mol. The molecule has 0 bridgehead atoms. The van der Waals surface area contributed by atoms with Gasteiger partial charge in [-0.1, -0.05) is 15.9 Å². The lowest BCUT2D eigenvalue weighted by molar-refractivity contribution is -0.116. The van der Waals surface area contributed by atoms with Gasteiger partial charge in [0.2, 0.25) is 5.91 Å². The van der Waals surface area contributed by atoms with Crippen molar-refractivity contribution in [3.63, 3.8) is 0 Å². The Labute approximate surface area is 121 Å². The molecule has 1 heterocycles. The summed E-state index contributed by atoms with van der Waals surface area (Å²) in [7, 11) is 0. The molecule has 1 amide bonds. The van der Waals surface area contributed by atoms with Crippen molar-refractivity contribution >= 4 is 27.5 Å². The fraction of sp³-hybridized carbons (Fsp3) is 0.200. The second kappa shape index (κ2) is 6.48. The number of hydrogen-bond acceptors (Lipinski definition) is 2. The van der Waals surface area contributed by atoms with Gasteiger partial charge in [0.05, 0.1) is 0 Å². The van der Waals surface area contributed by atoms with Crippen LogP contribution in [0.4, 0.5) is 5.69 Å². The molecule has 3 nitrogen and oxygen atoms in total. The third-order valence-corrected chi connectivity index (χ3v) is 3.72. The van der Waals surface area contributed by atoms with E-state index in [9.17, 15) is 4.79 Å². The van der Waals surface area contributed by atoms with E-state index in [0.29, 0.717) is 6.42 Å². The standard InChI is InChI=1S/C15H15BrN2O/c1-11-10-13(3-4-14(11)16)18-15(19)5-2-12-6-8-17-9-7-12/h3-4,6-10H,2,5H2,1H3,(H,18,19). The fourth-order valence-electron chi connectivity index (χ4n) is 1.75. The second-order valence-corrected chi connectivity index (χ2v) is 5.22. The zero-order valence-electron chi connectivity index (χ0n) is 10.7. The minimum atomic E-state index is 0.0264. The van der Waals surface area contributed by atoms with E-state index in [4.69, 9.17) is 0 Å². The summed E-state index contributed by atoms with van der Waals surface area (Å²) in [5.41, 5.74) is 3.06. The van der Waals surface area contributed by atoms with E-state index < -0.39 is 0 Å². The van der Waals surface area contributed by atoms with E-state index in [-0.39, 0.29) is 5.91 Å². The zero-order valence-corrected chi connectivity index (χ0v) is 12.3. The third-order valence-electron chi connectivity index (χ3n) is 2.83. The average Bonchev–Trinajstić information content (AvgIpc) is 2.42. The van der Waals surface area contributed by atoms with E-state index >= 15 is 0 Å². The summed E-state index contributed by atoms with van der Waals surface area (Å²) in [6.07, 6.45) is 4.68. The quantitative estimate of drug-likeness (QED) is 0.933. The zero-order chi connectivity index (χ0) is 13.7. The van der Waals surface area contributed by atoms with Crippen LogP contribution in [0.15, 0.2) is 47.2 Å². The van der Waals surface area contributed by atoms with Gasteiger partial charge in [0, 0.05) is 29.0 Å². The molecule has 4 heteroatoms. The number of nitrogens with zero attached hydrogens (tertiary/aromatic N) is 1. The third kappa shape index (κ3) is 4.17. The highest BCUT2D eigenvalue weighted by atomic mass is 79.9. The molecule has 0 spiro atoms. The van der Waals surface area contributed by atoms with Crippen LogP contribution in [0.5, 0.6) is 0 Å². The van der Waals surface area contributed by atoms with Crippen molar-refractivity contribution in [1.82, 2.24) is 4.98 Å². The molecule has 1 N–H and O–H groups in total. The summed E-state index contributed by atoms with van der Waals surface area (Å²) in [6.45, 7) is 2.00. The number of carbonyl (C=O) groups excluding carboxylic acids is 1. The van der Waals surface area contributed by atoms with Crippen LogP contribution in [0, 0.1) is 6.92 Å². The molecule has 0 atom stereocenters. The van der Waals surface area contributed by atoms with Gasteiger partial charge >= 0.3 is 0 Å². The maximum Gasteiger partial charge on any atom is 0.224 e. The summed E-state index contributed by atoms with van der Waals surface area (Å²) < 4.78 is 1.04. The van der Waals surface area contributed by atoms with E-state index in [0.717, 1.165) is 27.7 Å². The van der Waals surface area contributed by atoms with Crippen LogP contribution in [-0.2, 0) is 11.2 Å². The Morgan fingerprint density at radius 3 is 2.68 bits per heavy atom. The SMILES string of the molecule is Cc1cc(NC(=O)CCc2ccncc2)ccc1Br. The molecule has 0 aliphatic rings. The number of carbonyl (C=O) groups is 1. The number of pyridine rings is 1. The Balaban J connectivity index is 1.89. The van der Waals surface area contributed by atoms with Crippen molar-refractivity contribution < 1.29 is 4.79 Å². The van der Waals surface area contributed by atoms with Crippen molar-refractivity contribution in [3.8, 4) is 0 Å². The molecular formula is C15H15BrN2O. The maximum absolute atomic E-state index is 11.8. The molecular weight excluding hydrogens is 304 g/mol. The highest BCUT2D eigenvalue weighted by Crippen LogP contribution is 2.20. The highest BCUT2D eigenvalue weighted by molar-refractivity contribution is 9.10. The molecule has 1 aromatic carbocycles. The maximum atomic E-state index is 11.8. The van der Waals surface area contributed by atoms with Crippen LogP contribution in [-0.4, -0.2) is 10.9 Å². The van der Waals surface area contributed by atoms with Crippen molar-refractivity contribution in [2.45, 2.75) is 19.8 Å². The lowest BCUT2D eigenvalue weighted by Crippen LogP contribution is -2.12. The number of amides is 1. The molecule has 0 saturated heterocycles. The van der Waals surface area contributed by atoms with Gasteiger partial charge in [0.25, 0.3) is 0 Å². The van der Waals surface area contributed by atoms with Crippen LogP contribution in [0.25, 0.3) is 0 Å². The van der Waals surface area contributed by atoms with Crippen LogP contribution in [0.1, 0.15) is 17.5 Å². The number of benzene rings is 1. The number of hydrogen-bond donors (Lipinski definition) is 1. The molecule has 0 radical (unpaired) electrons. The predicted octanol–water partition coefficient (Wildman–Crippen LogP) is 3.72. The topological polar surface area (TPSA) is 42.0 Å². The molecule has 0 unspecified atom stereocenters. The molecule has 0 aliphatic carbocycles. The molecule has 98 valence electrons. The van der Waals surface area contributed by atoms with Crippen LogP contribution in [0.2, 0.25) is 0 Å². The molecule has 0 fully saturated rings. The molecule has 2 aromatic rings. The Bertz CT molecular complexity index is 570. The van der Waals surface area contributed by atoms with E-state index in [1.807, 2.05) is 37.3 Å². The summed E-state index contributed by atoms with van der Waals surface area (Å²) >= 11 is 3.44. The van der Waals surface area contributed by atoms with Crippen molar-refractivity contribution in [2.75, 3.05) is 5.32 Å². The van der Waals surface area contributed by atoms with Gasteiger partial charge in [-0.25, -0.2) is 0 Å². The number of aryl methyl sites for hydroxylation is 2. The molecule has 0 aliphatic heterocycles. The minimum absolute atomic E-state index is 0.0264. The van der Waals surface area contributed by atoms with E-state index in [2.05, 4.69) is 26.2 Å². The molecule has 1 aromatic heterocycles. The molecule has 19 heavy (non-hydrogen) atoms. The number of aromatic nitrogens is 1.